The Morgan fingerprint density at radius 1 is 1.26 bits per heavy atom. The Morgan fingerprint density at radius 2 is 2.00 bits per heavy atom. The Hall–Kier alpha value is -2.44. The highest BCUT2D eigenvalue weighted by molar-refractivity contribution is 9.10. The number of piperidine rings is 1. The van der Waals surface area contributed by atoms with Gasteiger partial charge >= 0.3 is 0 Å². The minimum Gasteiger partial charge on any atom is -0.490 e. The standard InChI is InChI=1S/C22H23BrN2O5S/c1-3-10-30-20-16(23)11-15(12-17(20)29-4-2)13-18-21(27)25(22(28)31-18)14-19(26)24-8-6-5-7-9-24/h1,11-13H,4-10,14H2,2H3/b18-13-. The molecule has 3 rings (SSSR count). The molecule has 0 spiro atoms. The molecule has 9 heteroatoms. The molecule has 0 bridgehead atoms. The first-order valence-corrected chi connectivity index (χ1v) is 11.6. The van der Waals surface area contributed by atoms with E-state index >= 15 is 0 Å². The molecular weight excluding hydrogens is 484 g/mol. The normalized spacial score (nSPS) is 17.8. The number of terminal acetylenes is 1. The lowest BCUT2D eigenvalue weighted by Gasteiger charge is -2.27. The monoisotopic (exact) mass is 506 g/mol. The highest BCUT2D eigenvalue weighted by atomic mass is 79.9. The van der Waals surface area contributed by atoms with Crippen molar-refractivity contribution in [2.75, 3.05) is 32.8 Å². The van der Waals surface area contributed by atoms with E-state index in [1.54, 1.807) is 23.1 Å². The number of thioether (sulfide) groups is 1. The summed E-state index contributed by atoms with van der Waals surface area (Å²) in [5.74, 6) is 2.68. The molecule has 3 amide bonds. The van der Waals surface area contributed by atoms with Gasteiger partial charge in [0.2, 0.25) is 5.91 Å². The van der Waals surface area contributed by atoms with Crippen LogP contribution in [0.25, 0.3) is 6.08 Å². The smallest absolute Gasteiger partial charge is 0.294 e. The van der Waals surface area contributed by atoms with Gasteiger partial charge in [-0.2, -0.15) is 0 Å². The first kappa shape index (κ1) is 23.2. The predicted molar refractivity (Wildman–Crippen MR) is 123 cm³/mol. The number of carbonyl (C=O) groups excluding carboxylic acids is 3. The van der Waals surface area contributed by atoms with E-state index in [0.717, 1.165) is 35.9 Å². The summed E-state index contributed by atoms with van der Waals surface area (Å²) in [4.78, 5) is 40.7. The second-order valence-electron chi connectivity index (χ2n) is 6.97. The molecule has 7 nitrogen and oxygen atoms in total. The van der Waals surface area contributed by atoms with E-state index < -0.39 is 11.1 Å². The van der Waals surface area contributed by atoms with Crippen LogP contribution in [0.15, 0.2) is 21.5 Å². The maximum atomic E-state index is 12.8. The van der Waals surface area contributed by atoms with E-state index in [0.29, 0.717) is 41.2 Å². The highest BCUT2D eigenvalue weighted by Crippen LogP contribution is 2.39. The third-order valence-electron chi connectivity index (χ3n) is 4.81. The van der Waals surface area contributed by atoms with Crippen molar-refractivity contribution in [1.29, 1.82) is 0 Å². The van der Waals surface area contributed by atoms with Crippen molar-refractivity contribution in [1.82, 2.24) is 9.80 Å². The SMILES string of the molecule is C#CCOc1c(Br)cc(/C=C2\SC(=O)N(CC(=O)N3CCCCC3)C2=O)cc1OCC. The van der Waals surface area contributed by atoms with E-state index in [9.17, 15) is 14.4 Å². The molecule has 0 aromatic heterocycles. The van der Waals surface area contributed by atoms with Crippen molar-refractivity contribution in [3.63, 3.8) is 0 Å². The van der Waals surface area contributed by atoms with Gasteiger partial charge in [-0.25, -0.2) is 0 Å². The Morgan fingerprint density at radius 3 is 2.68 bits per heavy atom. The first-order chi connectivity index (χ1) is 14.9. The summed E-state index contributed by atoms with van der Waals surface area (Å²) >= 11 is 4.26. The van der Waals surface area contributed by atoms with E-state index in [4.69, 9.17) is 15.9 Å². The Balaban J connectivity index is 1.78. The summed E-state index contributed by atoms with van der Waals surface area (Å²) < 4.78 is 11.8. The van der Waals surface area contributed by atoms with Crippen LogP contribution < -0.4 is 9.47 Å². The second kappa shape index (κ2) is 10.7. The molecule has 0 atom stereocenters. The van der Waals surface area contributed by atoms with Crippen LogP contribution in [0.5, 0.6) is 11.5 Å². The topological polar surface area (TPSA) is 76.2 Å². The number of imide groups is 1. The molecular formula is C22H23BrN2O5S. The fourth-order valence-corrected chi connectivity index (χ4v) is 4.77. The number of carbonyl (C=O) groups is 3. The Bertz CT molecular complexity index is 950. The van der Waals surface area contributed by atoms with Crippen LogP contribution in [0, 0.1) is 12.3 Å². The molecule has 1 aromatic carbocycles. The number of benzene rings is 1. The number of nitrogens with zero attached hydrogens (tertiary/aromatic N) is 2. The summed E-state index contributed by atoms with van der Waals surface area (Å²) in [5, 5.41) is -0.445. The molecule has 2 saturated heterocycles. The minimum atomic E-state index is -0.470. The van der Waals surface area contributed by atoms with Crippen LogP contribution in [0.3, 0.4) is 0 Å². The molecule has 0 radical (unpaired) electrons. The molecule has 164 valence electrons. The zero-order valence-corrected chi connectivity index (χ0v) is 19.6. The Labute approximate surface area is 194 Å². The number of halogens is 1. The van der Waals surface area contributed by atoms with E-state index in [1.807, 2.05) is 6.92 Å². The summed E-state index contributed by atoms with van der Waals surface area (Å²) in [5.41, 5.74) is 0.649. The van der Waals surface area contributed by atoms with E-state index in [2.05, 4.69) is 21.9 Å². The number of likely N-dealkylation sites (tertiary alicyclic amines) is 1. The van der Waals surface area contributed by atoms with Crippen molar-refractivity contribution in [3.05, 3.63) is 27.1 Å². The van der Waals surface area contributed by atoms with Crippen LogP contribution in [-0.2, 0) is 9.59 Å². The highest BCUT2D eigenvalue weighted by Gasteiger charge is 2.37. The Kier molecular flexibility index (Phi) is 8.04. The van der Waals surface area contributed by atoms with E-state index in [1.165, 1.54) is 0 Å². The fourth-order valence-electron chi connectivity index (χ4n) is 3.35. The van der Waals surface area contributed by atoms with Gasteiger partial charge in [0.15, 0.2) is 11.5 Å². The van der Waals surface area contributed by atoms with Gasteiger partial charge in [0.05, 0.1) is 16.0 Å². The molecule has 2 aliphatic rings. The van der Waals surface area contributed by atoms with Gasteiger partial charge in [-0.3, -0.25) is 19.3 Å². The third-order valence-corrected chi connectivity index (χ3v) is 6.30. The van der Waals surface area contributed by atoms with Crippen LogP contribution in [0.4, 0.5) is 4.79 Å². The minimum absolute atomic E-state index is 0.0853. The van der Waals surface area contributed by atoms with Gasteiger partial charge in [0.25, 0.3) is 11.1 Å². The van der Waals surface area contributed by atoms with Crippen LogP contribution in [0.1, 0.15) is 31.7 Å². The molecule has 1 aromatic rings. The zero-order chi connectivity index (χ0) is 22.4. The van der Waals surface area contributed by atoms with Gasteiger partial charge in [0, 0.05) is 13.1 Å². The van der Waals surface area contributed by atoms with Gasteiger partial charge in [-0.15, -0.1) is 6.42 Å². The molecule has 0 N–H and O–H groups in total. The number of ether oxygens (including phenoxy) is 2. The quantitative estimate of drug-likeness (QED) is 0.412. The molecule has 0 unspecified atom stereocenters. The van der Waals surface area contributed by atoms with Crippen LogP contribution >= 0.6 is 27.7 Å². The second-order valence-corrected chi connectivity index (χ2v) is 8.81. The molecule has 0 saturated carbocycles. The average molecular weight is 507 g/mol. The van der Waals surface area contributed by atoms with Gasteiger partial charge in [-0.05, 0) is 77.7 Å². The van der Waals surface area contributed by atoms with Gasteiger partial charge in [0.1, 0.15) is 13.2 Å². The maximum Gasteiger partial charge on any atom is 0.294 e. The van der Waals surface area contributed by atoms with Crippen molar-refractivity contribution in [3.8, 4) is 23.8 Å². The predicted octanol–water partition coefficient (Wildman–Crippen LogP) is 3.91. The molecule has 31 heavy (non-hydrogen) atoms. The van der Waals surface area contributed by atoms with Crippen molar-refractivity contribution in [2.45, 2.75) is 26.2 Å². The van der Waals surface area contributed by atoms with Crippen LogP contribution in [-0.4, -0.2) is 59.7 Å². The summed E-state index contributed by atoms with van der Waals surface area (Å²) in [6.07, 6.45) is 9.87. The lowest BCUT2D eigenvalue weighted by atomic mass is 10.1. The van der Waals surface area contributed by atoms with Crippen molar-refractivity contribution < 1.29 is 23.9 Å². The van der Waals surface area contributed by atoms with Crippen molar-refractivity contribution in [2.24, 2.45) is 0 Å². The average Bonchev–Trinajstić information content (AvgIpc) is 3.01. The molecule has 2 aliphatic heterocycles. The molecule has 0 aliphatic carbocycles. The zero-order valence-electron chi connectivity index (χ0n) is 17.2. The fraction of sp³-hybridized carbons (Fsp3) is 0.409. The van der Waals surface area contributed by atoms with E-state index in [-0.39, 0.29) is 24.0 Å². The van der Waals surface area contributed by atoms with Crippen molar-refractivity contribution >= 4 is 50.8 Å². The third kappa shape index (κ3) is 5.63. The lowest BCUT2D eigenvalue weighted by molar-refractivity contribution is -0.136. The summed E-state index contributed by atoms with van der Waals surface area (Å²) in [7, 11) is 0. The lowest BCUT2D eigenvalue weighted by Crippen LogP contribution is -2.44. The van der Waals surface area contributed by atoms with Gasteiger partial charge < -0.3 is 14.4 Å². The molecule has 2 fully saturated rings. The van der Waals surface area contributed by atoms with Crippen LogP contribution in [0.2, 0.25) is 0 Å². The summed E-state index contributed by atoms with van der Waals surface area (Å²) in [6, 6.07) is 3.47. The summed E-state index contributed by atoms with van der Waals surface area (Å²) in [6.45, 7) is 3.46. The first-order valence-electron chi connectivity index (χ1n) is 10.00. The van der Waals surface area contributed by atoms with Gasteiger partial charge in [-0.1, -0.05) is 5.92 Å². The number of hydrogen-bond donors (Lipinski definition) is 0. The maximum absolute atomic E-state index is 12.8. The number of hydrogen-bond acceptors (Lipinski definition) is 6. The number of rotatable bonds is 7. The largest absolute Gasteiger partial charge is 0.490 e. The number of amides is 3. The molecule has 2 heterocycles.